The van der Waals surface area contributed by atoms with Gasteiger partial charge in [0, 0.05) is 0 Å². The molecule has 0 amide bonds. The van der Waals surface area contributed by atoms with Crippen LogP contribution in [0.15, 0.2) is 0 Å². The second kappa shape index (κ2) is 5.52. The molecule has 0 spiro atoms. The van der Waals surface area contributed by atoms with Gasteiger partial charge in [-0.15, -0.1) is 12.0 Å². The van der Waals surface area contributed by atoms with Crippen LogP contribution in [0, 0.1) is 23.8 Å². The first-order valence-electron chi connectivity index (χ1n) is 7.07. The minimum Gasteiger partial charge on any atom is -0.430 e. The lowest BCUT2D eigenvalue weighted by Gasteiger charge is -2.20. The molecule has 2 aliphatic rings. The van der Waals surface area contributed by atoms with Crippen molar-refractivity contribution in [3.8, 4) is 23.8 Å². The second-order valence-corrected chi connectivity index (χ2v) is 10.1. The summed E-state index contributed by atoms with van der Waals surface area (Å²) in [4.78, 5) is 11.0. The highest BCUT2D eigenvalue weighted by Gasteiger charge is 2.64. The number of carbonyl (C=O) groups is 1. The fourth-order valence-electron chi connectivity index (χ4n) is 2.52. The Balaban J connectivity index is 2.10. The summed E-state index contributed by atoms with van der Waals surface area (Å²) in [5, 5.41) is 0. The predicted molar refractivity (Wildman–Crippen MR) is 77.6 cm³/mol. The van der Waals surface area contributed by atoms with Crippen molar-refractivity contribution in [1.82, 2.24) is 0 Å². The van der Waals surface area contributed by atoms with Gasteiger partial charge >= 0.3 is 6.16 Å². The lowest BCUT2D eigenvalue weighted by atomic mass is 10.0. The van der Waals surface area contributed by atoms with Gasteiger partial charge in [0.2, 0.25) is 5.60 Å². The van der Waals surface area contributed by atoms with E-state index in [2.05, 4.69) is 38.2 Å². The van der Waals surface area contributed by atoms with Gasteiger partial charge in [-0.1, -0.05) is 32.6 Å². The maximum absolute atomic E-state index is 11.0. The molecule has 0 aromatic heterocycles. The van der Waals surface area contributed by atoms with Crippen LogP contribution in [0.1, 0.15) is 20.8 Å². The van der Waals surface area contributed by atoms with E-state index < -0.39 is 25.9 Å². The maximum Gasteiger partial charge on any atom is 0.508 e. The topological polar surface area (TPSA) is 48.1 Å². The molecule has 0 N–H and O–H groups in total. The predicted octanol–water partition coefficient (Wildman–Crippen LogP) is 2.34. The lowest BCUT2D eigenvalue weighted by Crippen LogP contribution is -2.33. The highest BCUT2D eigenvalue weighted by atomic mass is 28.3. The van der Waals surface area contributed by atoms with E-state index in [1.807, 2.05) is 0 Å². The summed E-state index contributed by atoms with van der Waals surface area (Å²) in [5.74, 6) is 5.77. The molecular formula is C15H20O4Si. The summed E-state index contributed by atoms with van der Waals surface area (Å²) < 4.78 is 15.4. The highest BCUT2D eigenvalue weighted by molar-refractivity contribution is 6.87. The van der Waals surface area contributed by atoms with Crippen LogP contribution in [0.4, 0.5) is 4.79 Å². The highest BCUT2D eigenvalue weighted by Crippen LogP contribution is 2.42. The molecule has 0 aliphatic carbocycles. The van der Waals surface area contributed by atoms with Gasteiger partial charge in [-0.05, 0) is 18.1 Å². The Morgan fingerprint density at radius 3 is 2.45 bits per heavy atom. The second-order valence-electron chi connectivity index (χ2n) is 5.21. The largest absolute Gasteiger partial charge is 0.508 e. The Hall–Kier alpha value is -1.43. The molecule has 2 heterocycles. The average molecular weight is 292 g/mol. The van der Waals surface area contributed by atoms with Crippen molar-refractivity contribution in [1.29, 1.82) is 0 Å². The van der Waals surface area contributed by atoms with E-state index in [0.29, 0.717) is 0 Å². The van der Waals surface area contributed by atoms with E-state index in [1.165, 1.54) is 0 Å². The number of terminal acetylenes is 1. The van der Waals surface area contributed by atoms with Crippen LogP contribution in [0.2, 0.25) is 18.1 Å². The van der Waals surface area contributed by atoms with Crippen molar-refractivity contribution in [2.75, 3.05) is 6.61 Å². The molecule has 108 valence electrons. The van der Waals surface area contributed by atoms with E-state index >= 15 is 0 Å². The van der Waals surface area contributed by atoms with Gasteiger partial charge in [0.15, 0.2) is 12.2 Å². The van der Waals surface area contributed by atoms with E-state index in [9.17, 15) is 4.79 Å². The zero-order valence-electron chi connectivity index (χ0n) is 12.2. The van der Waals surface area contributed by atoms with Crippen molar-refractivity contribution in [3.05, 3.63) is 0 Å². The zero-order valence-corrected chi connectivity index (χ0v) is 13.2. The first-order chi connectivity index (χ1) is 9.55. The minimum atomic E-state index is -1.52. The van der Waals surface area contributed by atoms with E-state index in [-0.39, 0.29) is 12.7 Å². The van der Waals surface area contributed by atoms with Crippen LogP contribution in [0.3, 0.4) is 0 Å². The first-order valence-corrected chi connectivity index (χ1v) is 9.69. The molecule has 2 fully saturated rings. The zero-order chi connectivity index (χ0) is 14.8. The monoisotopic (exact) mass is 292 g/mol. The Labute approximate surface area is 121 Å². The molecule has 0 bridgehead atoms. The average Bonchev–Trinajstić information content (AvgIpc) is 3.04. The molecular weight excluding hydrogens is 272 g/mol. The van der Waals surface area contributed by atoms with Gasteiger partial charge in [0.1, 0.15) is 14.7 Å². The van der Waals surface area contributed by atoms with Crippen molar-refractivity contribution in [2.45, 2.75) is 56.7 Å². The van der Waals surface area contributed by atoms with Gasteiger partial charge in [-0.3, -0.25) is 0 Å². The number of hydrogen-bond acceptors (Lipinski definition) is 4. The summed E-state index contributed by atoms with van der Waals surface area (Å²) in [5.41, 5.74) is 2.55. The summed E-state index contributed by atoms with van der Waals surface area (Å²) >= 11 is 0. The van der Waals surface area contributed by atoms with Crippen LogP contribution in [-0.2, 0) is 14.2 Å². The quantitative estimate of drug-likeness (QED) is 0.345. The normalized spacial score (nSPS) is 31.6. The number of ether oxygens (including phenoxy) is 3. The molecule has 0 aromatic rings. The fraction of sp³-hybridized carbons (Fsp3) is 0.667. The van der Waals surface area contributed by atoms with E-state index in [1.54, 1.807) is 0 Å². The third kappa shape index (κ3) is 2.44. The van der Waals surface area contributed by atoms with Gasteiger partial charge in [-0.2, -0.15) is 0 Å². The number of hydrogen-bond donors (Lipinski definition) is 0. The van der Waals surface area contributed by atoms with Crippen LogP contribution in [0.25, 0.3) is 0 Å². The van der Waals surface area contributed by atoms with Gasteiger partial charge in [0.25, 0.3) is 0 Å². The number of cyclic esters (lactones) is 2. The maximum atomic E-state index is 11.0. The molecule has 4 nitrogen and oxygen atoms in total. The van der Waals surface area contributed by atoms with Gasteiger partial charge < -0.3 is 14.2 Å². The summed E-state index contributed by atoms with van der Waals surface area (Å²) in [6.45, 7) is 6.73. The molecule has 0 radical (unpaired) electrons. The third-order valence-electron chi connectivity index (χ3n) is 4.44. The van der Waals surface area contributed by atoms with Gasteiger partial charge in [-0.25, -0.2) is 4.79 Å². The summed E-state index contributed by atoms with van der Waals surface area (Å²) in [7, 11) is -1.52. The minimum absolute atomic E-state index is 0.138. The van der Waals surface area contributed by atoms with Gasteiger partial charge in [0.05, 0.1) is 0 Å². The Morgan fingerprint density at radius 2 is 2.00 bits per heavy atom. The molecule has 2 aliphatic heterocycles. The van der Waals surface area contributed by atoms with Crippen LogP contribution in [0.5, 0.6) is 0 Å². The molecule has 2 rings (SSSR count). The van der Waals surface area contributed by atoms with Crippen molar-refractivity contribution < 1.29 is 19.0 Å². The Bertz CT molecular complexity index is 486. The van der Waals surface area contributed by atoms with Crippen LogP contribution >= 0.6 is 0 Å². The molecule has 0 unspecified atom stereocenters. The number of epoxide rings is 1. The molecule has 20 heavy (non-hydrogen) atoms. The van der Waals surface area contributed by atoms with Crippen molar-refractivity contribution in [2.24, 2.45) is 0 Å². The molecule has 5 heteroatoms. The van der Waals surface area contributed by atoms with Crippen LogP contribution < -0.4 is 0 Å². The fourth-order valence-corrected chi connectivity index (χ4v) is 4.99. The van der Waals surface area contributed by atoms with E-state index in [0.717, 1.165) is 18.1 Å². The molecule has 2 saturated heterocycles. The van der Waals surface area contributed by atoms with Crippen molar-refractivity contribution in [3.63, 3.8) is 0 Å². The van der Waals surface area contributed by atoms with E-state index in [4.69, 9.17) is 20.6 Å². The Kier molecular flexibility index (Phi) is 4.13. The summed E-state index contributed by atoms with van der Waals surface area (Å²) in [6, 6.07) is 3.39. The summed E-state index contributed by atoms with van der Waals surface area (Å²) in [6.07, 6.45) is 3.97. The smallest absolute Gasteiger partial charge is 0.430 e. The van der Waals surface area contributed by atoms with Crippen LogP contribution in [-0.4, -0.2) is 38.6 Å². The SMILES string of the molecule is C#C[C@]1([C@H]2COC(=O)O2)O[C@@H]1C#C[Si](CC)(CC)CC. The third-order valence-corrected chi connectivity index (χ3v) is 9.17. The lowest BCUT2D eigenvalue weighted by molar-refractivity contribution is 0.0966. The number of rotatable bonds is 4. The Morgan fingerprint density at radius 1 is 1.35 bits per heavy atom. The standard InChI is InChI=1S/C15H20O4Si/c1-5-15(13-11-17-14(16)18-13)12(19-15)9-10-20(6-2,7-3)8-4/h1,12-13H,6-8,11H2,2-4H3/t12-,13-,15+/m1/s1. The molecule has 3 atom stereocenters. The number of carbonyl (C=O) groups excluding carboxylic acids is 1. The molecule has 0 saturated carbocycles. The first kappa shape index (κ1) is 15.0. The molecule has 0 aromatic carbocycles. The van der Waals surface area contributed by atoms with Crippen molar-refractivity contribution >= 4 is 14.2 Å².